The molecule has 3 heterocycles. The van der Waals surface area contributed by atoms with Crippen LogP contribution in [0.25, 0.3) is 0 Å². The minimum Gasteiger partial charge on any atom is -0.298 e. The van der Waals surface area contributed by atoms with Crippen molar-refractivity contribution < 1.29 is 4.79 Å². The summed E-state index contributed by atoms with van der Waals surface area (Å²) < 4.78 is 0. The van der Waals surface area contributed by atoms with E-state index < -0.39 is 0 Å². The summed E-state index contributed by atoms with van der Waals surface area (Å²) in [5, 5.41) is 0. The second kappa shape index (κ2) is 3.41. The van der Waals surface area contributed by atoms with Crippen LogP contribution in [0.2, 0.25) is 0 Å². The number of Topliss-reactive ketones (excluding diaryl/α,β-unsaturated/α-hetero) is 1. The molecule has 0 spiro atoms. The van der Waals surface area contributed by atoms with Gasteiger partial charge in [-0.25, -0.2) is 0 Å². The summed E-state index contributed by atoms with van der Waals surface area (Å²) in [4.78, 5) is 14.2. The van der Waals surface area contributed by atoms with Gasteiger partial charge in [-0.15, -0.1) is 0 Å². The number of hydrogen-bond donors (Lipinski definition) is 0. The Hall–Kier alpha value is -0.370. The molecule has 0 aliphatic carbocycles. The van der Waals surface area contributed by atoms with Crippen molar-refractivity contribution in [2.24, 2.45) is 11.8 Å². The number of piperidine rings is 3. The lowest BCUT2D eigenvalue weighted by Crippen LogP contribution is -2.58. The molecule has 3 aliphatic rings. The first-order valence-corrected chi connectivity index (χ1v) is 5.51. The summed E-state index contributed by atoms with van der Waals surface area (Å²) in [6, 6.07) is 0.215. The molecule has 0 aromatic carbocycles. The zero-order valence-corrected chi connectivity index (χ0v) is 8.62. The summed E-state index contributed by atoms with van der Waals surface area (Å²) in [6.45, 7) is 6.60. The molecule has 13 heavy (non-hydrogen) atoms. The highest BCUT2D eigenvalue weighted by Gasteiger charge is 2.43. The highest BCUT2D eigenvalue weighted by Crippen LogP contribution is 2.35. The lowest BCUT2D eigenvalue weighted by atomic mass is 9.73. The van der Waals surface area contributed by atoms with E-state index in [9.17, 15) is 4.79 Å². The number of ketones is 1. The fraction of sp³-hybridized carbons (Fsp3) is 0.909. The summed E-state index contributed by atoms with van der Waals surface area (Å²) in [7, 11) is 0. The van der Waals surface area contributed by atoms with Crippen LogP contribution >= 0.6 is 0 Å². The lowest BCUT2D eigenvalue weighted by molar-refractivity contribution is -0.140. The van der Waals surface area contributed by atoms with Gasteiger partial charge in [0, 0.05) is 12.5 Å². The molecule has 0 amide bonds. The topological polar surface area (TPSA) is 20.3 Å². The molecule has 74 valence electrons. The van der Waals surface area contributed by atoms with E-state index in [2.05, 4.69) is 18.7 Å². The molecule has 4 unspecified atom stereocenters. The van der Waals surface area contributed by atoms with Crippen molar-refractivity contribution in [3.63, 3.8) is 0 Å². The molecule has 2 heteroatoms. The molecule has 0 N–H and O–H groups in total. The molecule has 2 bridgehead atoms. The largest absolute Gasteiger partial charge is 0.298 e. The molecular formula is C11H19NO. The van der Waals surface area contributed by atoms with Crippen LogP contribution in [0.1, 0.15) is 33.1 Å². The van der Waals surface area contributed by atoms with Crippen LogP contribution in [0.3, 0.4) is 0 Å². The van der Waals surface area contributed by atoms with Gasteiger partial charge in [-0.05, 0) is 32.2 Å². The normalized spacial score (nSPS) is 44.0. The Morgan fingerprint density at radius 1 is 1.54 bits per heavy atom. The maximum atomic E-state index is 11.8. The van der Waals surface area contributed by atoms with E-state index in [1.165, 1.54) is 19.4 Å². The molecule has 0 radical (unpaired) electrons. The monoisotopic (exact) mass is 181 g/mol. The van der Waals surface area contributed by atoms with Gasteiger partial charge in [0.05, 0.1) is 6.04 Å². The Balaban J connectivity index is 2.09. The number of fused-ring (bicyclic) bond motifs is 3. The van der Waals surface area contributed by atoms with Crippen LogP contribution in [0.5, 0.6) is 0 Å². The standard InChI is InChI=1S/C11H19NO/c1-3-4-9-7-12-6-5-10(9)11(13)8(12)2/h8-10H,3-7H2,1-2H3. The highest BCUT2D eigenvalue weighted by molar-refractivity contribution is 5.87. The van der Waals surface area contributed by atoms with Gasteiger partial charge in [-0.1, -0.05) is 13.3 Å². The summed E-state index contributed by atoms with van der Waals surface area (Å²) in [5.41, 5.74) is 0. The molecule has 2 nitrogen and oxygen atoms in total. The molecule has 0 aromatic heterocycles. The predicted molar refractivity (Wildman–Crippen MR) is 52.5 cm³/mol. The molecule has 3 rings (SSSR count). The predicted octanol–water partition coefficient (Wildman–Crippen LogP) is 1.70. The van der Waals surface area contributed by atoms with Gasteiger partial charge in [-0.3, -0.25) is 9.69 Å². The first kappa shape index (κ1) is 9.20. The molecular weight excluding hydrogens is 162 g/mol. The third kappa shape index (κ3) is 1.41. The highest BCUT2D eigenvalue weighted by atomic mass is 16.1. The average molecular weight is 181 g/mol. The zero-order chi connectivity index (χ0) is 9.42. The Morgan fingerprint density at radius 3 is 2.92 bits per heavy atom. The van der Waals surface area contributed by atoms with Crippen LogP contribution in [0.15, 0.2) is 0 Å². The Kier molecular flexibility index (Phi) is 2.41. The second-order valence-electron chi connectivity index (χ2n) is 4.52. The number of carbonyl (C=O) groups is 1. The fourth-order valence-electron chi connectivity index (χ4n) is 2.94. The average Bonchev–Trinajstić information content (AvgIpc) is 2.14. The van der Waals surface area contributed by atoms with Crippen molar-refractivity contribution in [1.29, 1.82) is 0 Å². The van der Waals surface area contributed by atoms with Gasteiger partial charge in [0.15, 0.2) is 5.78 Å². The maximum Gasteiger partial charge on any atom is 0.153 e. The summed E-state index contributed by atoms with van der Waals surface area (Å²) in [6.07, 6.45) is 3.57. The van der Waals surface area contributed by atoms with Crippen molar-refractivity contribution in [3.8, 4) is 0 Å². The Labute approximate surface area is 80.3 Å². The van der Waals surface area contributed by atoms with Crippen molar-refractivity contribution in [2.45, 2.75) is 39.2 Å². The van der Waals surface area contributed by atoms with Gasteiger partial charge < -0.3 is 0 Å². The van der Waals surface area contributed by atoms with Crippen molar-refractivity contribution in [3.05, 3.63) is 0 Å². The van der Waals surface area contributed by atoms with Crippen LogP contribution in [-0.2, 0) is 4.79 Å². The molecule has 4 atom stereocenters. The van der Waals surface area contributed by atoms with Gasteiger partial charge in [0.2, 0.25) is 0 Å². The minimum absolute atomic E-state index is 0.215. The number of rotatable bonds is 2. The van der Waals surface area contributed by atoms with Crippen LogP contribution in [-0.4, -0.2) is 29.8 Å². The minimum atomic E-state index is 0.215. The third-order valence-corrected chi connectivity index (χ3v) is 3.75. The van der Waals surface area contributed by atoms with E-state index in [1.54, 1.807) is 0 Å². The van der Waals surface area contributed by atoms with Gasteiger partial charge in [-0.2, -0.15) is 0 Å². The SMILES string of the molecule is CCCC1CN2CCC1C(=O)C2C. The van der Waals surface area contributed by atoms with E-state index >= 15 is 0 Å². The Morgan fingerprint density at radius 2 is 2.31 bits per heavy atom. The van der Waals surface area contributed by atoms with E-state index in [0.29, 0.717) is 17.6 Å². The van der Waals surface area contributed by atoms with Crippen molar-refractivity contribution in [1.82, 2.24) is 4.90 Å². The quantitative estimate of drug-likeness (QED) is 0.646. The van der Waals surface area contributed by atoms with E-state index in [1.807, 2.05) is 0 Å². The number of carbonyl (C=O) groups excluding carboxylic acids is 1. The van der Waals surface area contributed by atoms with E-state index in [-0.39, 0.29) is 6.04 Å². The number of nitrogens with zero attached hydrogens (tertiary/aromatic N) is 1. The smallest absolute Gasteiger partial charge is 0.153 e. The first-order valence-electron chi connectivity index (χ1n) is 5.51. The van der Waals surface area contributed by atoms with E-state index in [4.69, 9.17) is 0 Å². The molecule has 3 saturated heterocycles. The summed E-state index contributed by atoms with van der Waals surface area (Å²) in [5.74, 6) is 1.58. The van der Waals surface area contributed by atoms with Crippen LogP contribution < -0.4 is 0 Å². The maximum absolute atomic E-state index is 11.8. The molecule has 0 aromatic rings. The summed E-state index contributed by atoms with van der Waals surface area (Å²) >= 11 is 0. The third-order valence-electron chi connectivity index (χ3n) is 3.75. The lowest BCUT2D eigenvalue weighted by Gasteiger charge is -2.47. The van der Waals surface area contributed by atoms with Gasteiger partial charge >= 0.3 is 0 Å². The van der Waals surface area contributed by atoms with Crippen molar-refractivity contribution in [2.75, 3.05) is 13.1 Å². The number of hydrogen-bond acceptors (Lipinski definition) is 2. The molecule has 3 fully saturated rings. The van der Waals surface area contributed by atoms with Gasteiger partial charge in [0.25, 0.3) is 0 Å². The fourth-order valence-corrected chi connectivity index (χ4v) is 2.94. The van der Waals surface area contributed by atoms with E-state index in [0.717, 1.165) is 13.0 Å². The second-order valence-corrected chi connectivity index (χ2v) is 4.52. The van der Waals surface area contributed by atoms with Crippen molar-refractivity contribution >= 4 is 5.78 Å². The first-order chi connectivity index (χ1) is 6.24. The van der Waals surface area contributed by atoms with Crippen LogP contribution in [0.4, 0.5) is 0 Å². The molecule has 0 saturated carbocycles. The Bertz CT molecular complexity index is 214. The zero-order valence-electron chi connectivity index (χ0n) is 8.62. The van der Waals surface area contributed by atoms with Crippen LogP contribution in [0, 0.1) is 11.8 Å². The molecule has 3 aliphatic heterocycles. The van der Waals surface area contributed by atoms with Gasteiger partial charge in [0.1, 0.15) is 0 Å².